The van der Waals surface area contributed by atoms with Gasteiger partial charge in [-0.1, -0.05) is 6.92 Å². The predicted octanol–water partition coefficient (Wildman–Crippen LogP) is 1.88. The van der Waals surface area contributed by atoms with Gasteiger partial charge in [0.25, 0.3) is 0 Å². The van der Waals surface area contributed by atoms with E-state index in [-0.39, 0.29) is 12.0 Å². The fourth-order valence-electron chi connectivity index (χ4n) is 1.72. The molecule has 0 fully saturated rings. The minimum Gasteiger partial charge on any atom is -0.375 e. The van der Waals surface area contributed by atoms with Crippen LogP contribution >= 0.6 is 0 Å². The van der Waals surface area contributed by atoms with Crippen molar-refractivity contribution in [2.24, 2.45) is 5.73 Å². The van der Waals surface area contributed by atoms with Gasteiger partial charge in [-0.2, -0.15) is 13.2 Å². The van der Waals surface area contributed by atoms with Crippen LogP contribution < -0.4 is 5.73 Å². The van der Waals surface area contributed by atoms with Crippen molar-refractivity contribution in [1.82, 2.24) is 4.98 Å². The fraction of sp³-hybridized carbons (Fsp3) is 0.545. The quantitative estimate of drug-likeness (QED) is 0.858. The first kappa shape index (κ1) is 13.9. The molecular formula is C11H15F3N2O. The number of aromatic nitrogens is 1. The van der Waals surface area contributed by atoms with Gasteiger partial charge in [-0.25, -0.2) is 0 Å². The van der Waals surface area contributed by atoms with E-state index in [0.717, 1.165) is 6.20 Å². The van der Waals surface area contributed by atoms with Crippen LogP contribution in [0.25, 0.3) is 0 Å². The van der Waals surface area contributed by atoms with Crippen LogP contribution in [0, 0.1) is 6.92 Å². The highest BCUT2D eigenvalue weighted by atomic mass is 19.4. The molecule has 3 N–H and O–H groups in total. The molecule has 0 saturated carbocycles. The number of nitrogens with two attached hydrogens (primary N) is 1. The first-order valence-corrected chi connectivity index (χ1v) is 5.20. The van der Waals surface area contributed by atoms with Crippen LogP contribution in [0.1, 0.15) is 24.5 Å². The molecule has 0 aromatic carbocycles. The number of alkyl halides is 3. The molecular weight excluding hydrogens is 233 g/mol. The summed E-state index contributed by atoms with van der Waals surface area (Å²) < 4.78 is 39.1. The molecule has 0 aliphatic heterocycles. The SMILES string of the molecule is CCC(N)C(O)(c1cnccc1C)C(F)(F)F. The standard InChI is InChI=1S/C11H15F3N2O/c1-3-9(15)10(17,11(12,13)14)8-6-16-5-4-7(8)2/h4-6,9,17H,3,15H2,1-2H3. The molecule has 1 aromatic heterocycles. The van der Waals surface area contributed by atoms with Gasteiger partial charge in [0.05, 0.1) is 0 Å². The summed E-state index contributed by atoms with van der Waals surface area (Å²) in [5.74, 6) is 0. The van der Waals surface area contributed by atoms with Crippen molar-refractivity contribution in [1.29, 1.82) is 0 Å². The first-order valence-electron chi connectivity index (χ1n) is 5.20. The molecule has 0 aliphatic rings. The minimum absolute atomic E-state index is 0.00431. The van der Waals surface area contributed by atoms with Crippen molar-refractivity contribution in [3.8, 4) is 0 Å². The summed E-state index contributed by atoms with van der Waals surface area (Å²) in [6, 6.07) is -0.0144. The number of hydrogen-bond donors (Lipinski definition) is 2. The second-order valence-corrected chi connectivity index (χ2v) is 3.97. The Morgan fingerprint density at radius 3 is 2.47 bits per heavy atom. The monoisotopic (exact) mass is 248 g/mol. The van der Waals surface area contributed by atoms with Crippen LogP contribution in [0.5, 0.6) is 0 Å². The summed E-state index contributed by atoms with van der Waals surface area (Å²) in [6.07, 6.45) is -2.45. The van der Waals surface area contributed by atoms with E-state index in [1.54, 1.807) is 0 Å². The van der Waals surface area contributed by atoms with Gasteiger partial charge in [0, 0.05) is 24.0 Å². The summed E-state index contributed by atoms with van der Waals surface area (Å²) in [4.78, 5) is 3.63. The maximum Gasteiger partial charge on any atom is 0.423 e. The van der Waals surface area contributed by atoms with Gasteiger partial charge in [-0.15, -0.1) is 0 Å². The van der Waals surface area contributed by atoms with E-state index >= 15 is 0 Å². The van der Waals surface area contributed by atoms with E-state index in [9.17, 15) is 18.3 Å². The molecule has 0 aliphatic carbocycles. The van der Waals surface area contributed by atoms with Gasteiger partial charge in [0.15, 0.2) is 0 Å². The number of halogens is 3. The zero-order valence-corrected chi connectivity index (χ0v) is 9.62. The normalized spacial score (nSPS) is 17.6. The number of hydrogen-bond acceptors (Lipinski definition) is 3. The number of nitrogens with zero attached hydrogens (tertiary/aromatic N) is 1. The van der Waals surface area contributed by atoms with Crippen molar-refractivity contribution in [2.45, 2.75) is 38.1 Å². The molecule has 0 spiro atoms. The number of aliphatic hydroxyl groups is 1. The van der Waals surface area contributed by atoms with Gasteiger partial charge in [-0.05, 0) is 25.0 Å². The number of aryl methyl sites for hydroxylation is 1. The summed E-state index contributed by atoms with van der Waals surface area (Å²) in [5.41, 5.74) is 2.40. The van der Waals surface area contributed by atoms with Crippen LogP contribution in [-0.2, 0) is 5.60 Å². The molecule has 1 aromatic rings. The van der Waals surface area contributed by atoms with Crippen LogP contribution in [0.2, 0.25) is 0 Å². The minimum atomic E-state index is -4.84. The molecule has 2 atom stereocenters. The fourth-order valence-corrected chi connectivity index (χ4v) is 1.72. The lowest BCUT2D eigenvalue weighted by atomic mass is 9.83. The van der Waals surface area contributed by atoms with Gasteiger partial charge < -0.3 is 10.8 Å². The summed E-state index contributed by atoms with van der Waals surface area (Å²) in [5, 5.41) is 9.98. The molecule has 3 nitrogen and oxygen atoms in total. The van der Waals surface area contributed by atoms with Crippen molar-refractivity contribution < 1.29 is 18.3 Å². The number of pyridine rings is 1. The van der Waals surface area contributed by atoms with Crippen molar-refractivity contribution in [2.75, 3.05) is 0 Å². The smallest absolute Gasteiger partial charge is 0.375 e. The molecule has 17 heavy (non-hydrogen) atoms. The summed E-state index contributed by atoms with van der Waals surface area (Å²) >= 11 is 0. The Hall–Kier alpha value is -1.14. The van der Waals surface area contributed by atoms with E-state index in [1.807, 2.05) is 0 Å². The highest BCUT2D eigenvalue weighted by Crippen LogP contribution is 2.42. The Bertz CT molecular complexity index is 395. The molecule has 96 valence electrons. The molecule has 0 amide bonds. The van der Waals surface area contributed by atoms with Crippen molar-refractivity contribution in [3.05, 3.63) is 29.6 Å². The van der Waals surface area contributed by atoms with Gasteiger partial charge in [0.1, 0.15) is 0 Å². The molecule has 1 heterocycles. The second-order valence-electron chi connectivity index (χ2n) is 3.97. The summed E-state index contributed by atoms with van der Waals surface area (Å²) in [7, 11) is 0. The van der Waals surface area contributed by atoms with E-state index in [2.05, 4.69) is 4.98 Å². The molecule has 0 radical (unpaired) electrons. The molecule has 1 rings (SSSR count). The highest BCUT2D eigenvalue weighted by Gasteiger charge is 2.58. The zero-order chi connectivity index (χ0) is 13.3. The third-order valence-electron chi connectivity index (χ3n) is 2.86. The largest absolute Gasteiger partial charge is 0.423 e. The maximum atomic E-state index is 13.0. The average molecular weight is 248 g/mol. The van der Waals surface area contributed by atoms with Crippen LogP contribution in [0.15, 0.2) is 18.5 Å². The first-order chi connectivity index (χ1) is 7.75. The summed E-state index contributed by atoms with van der Waals surface area (Å²) in [6.45, 7) is 2.98. The van der Waals surface area contributed by atoms with Crippen LogP contribution in [0.4, 0.5) is 13.2 Å². The third kappa shape index (κ3) is 2.28. The van der Waals surface area contributed by atoms with Crippen molar-refractivity contribution >= 4 is 0 Å². The van der Waals surface area contributed by atoms with Crippen LogP contribution in [0.3, 0.4) is 0 Å². The molecule has 0 bridgehead atoms. The van der Waals surface area contributed by atoms with Gasteiger partial charge >= 0.3 is 6.18 Å². The van der Waals surface area contributed by atoms with Gasteiger partial charge in [0.2, 0.25) is 5.60 Å². The molecule has 6 heteroatoms. The second kappa shape index (κ2) is 4.62. The lowest BCUT2D eigenvalue weighted by Crippen LogP contribution is -2.55. The Kier molecular flexibility index (Phi) is 3.78. The topological polar surface area (TPSA) is 59.1 Å². The maximum absolute atomic E-state index is 13.0. The van der Waals surface area contributed by atoms with E-state index in [4.69, 9.17) is 5.73 Å². The lowest BCUT2D eigenvalue weighted by molar-refractivity contribution is -0.275. The van der Waals surface area contributed by atoms with E-state index in [1.165, 1.54) is 26.1 Å². The van der Waals surface area contributed by atoms with Crippen LogP contribution in [-0.4, -0.2) is 22.3 Å². The van der Waals surface area contributed by atoms with E-state index in [0.29, 0.717) is 5.56 Å². The Balaban J connectivity index is 3.40. The number of rotatable bonds is 3. The average Bonchev–Trinajstić information content (AvgIpc) is 2.26. The Morgan fingerprint density at radius 1 is 1.47 bits per heavy atom. The third-order valence-corrected chi connectivity index (χ3v) is 2.86. The lowest BCUT2D eigenvalue weighted by Gasteiger charge is -2.36. The zero-order valence-electron chi connectivity index (χ0n) is 9.62. The van der Waals surface area contributed by atoms with Crippen molar-refractivity contribution in [3.63, 3.8) is 0 Å². The van der Waals surface area contributed by atoms with Gasteiger partial charge in [-0.3, -0.25) is 4.98 Å². The van der Waals surface area contributed by atoms with E-state index < -0.39 is 17.8 Å². The predicted molar refractivity (Wildman–Crippen MR) is 57.2 cm³/mol. The Morgan fingerprint density at radius 2 is 2.06 bits per heavy atom. The molecule has 0 saturated heterocycles. The Labute approximate surface area is 97.5 Å². The molecule has 2 unspecified atom stereocenters. The highest BCUT2D eigenvalue weighted by molar-refractivity contribution is 5.31.